The van der Waals surface area contributed by atoms with E-state index < -0.39 is 0 Å². The van der Waals surface area contributed by atoms with E-state index in [2.05, 4.69) is 22.8 Å². The van der Waals surface area contributed by atoms with Gasteiger partial charge in [-0.05, 0) is 36.8 Å². The fourth-order valence-electron chi connectivity index (χ4n) is 3.42. The standard InChI is InChI=1S/C22H27N3O2/c26-21(23-15-7-13-18-9-3-1-4-10-18)20-14-8-16-25(20)22(27)24-17-19-11-5-2-6-12-19/h1-6,9-12,20H,7-8,13-17H2,(H,23,26)(H,24,27)/t20-/m0/s1. The Morgan fingerprint density at radius 2 is 1.59 bits per heavy atom. The van der Waals surface area contributed by atoms with E-state index in [0.29, 0.717) is 19.6 Å². The maximum Gasteiger partial charge on any atom is 0.318 e. The molecule has 27 heavy (non-hydrogen) atoms. The van der Waals surface area contributed by atoms with Gasteiger partial charge in [0.1, 0.15) is 6.04 Å². The first-order chi connectivity index (χ1) is 13.2. The first kappa shape index (κ1) is 19.0. The van der Waals surface area contributed by atoms with Gasteiger partial charge in [-0.3, -0.25) is 4.79 Å². The topological polar surface area (TPSA) is 61.4 Å². The number of urea groups is 1. The lowest BCUT2D eigenvalue weighted by Crippen LogP contribution is -2.49. The number of nitrogens with one attached hydrogen (secondary N) is 2. The van der Waals surface area contributed by atoms with Crippen molar-refractivity contribution in [1.29, 1.82) is 0 Å². The number of benzene rings is 2. The van der Waals surface area contributed by atoms with Crippen LogP contribution in [0.4, 0.5) is 4.79 Å². The van der Waals surface area contributed by atoms with Gasteiger partial charge in [0.2, 0.25) is 5.91 Å². The van der Waals surface area contributed by atoms with Crippen LogP contribution in [0.15, 0.2) is 60.7 Å². The van der Waals surface area contributed by atoms with Gasteiger partial charge in [-0.25, -0.2) is 4.79 Å². The lowest BCUT2D eigenvalue weighted by atomic mass is 10.1. The van der Waals surface area contributed by atoms with Crippen molar-refractivity contribution in [3.8, 4) is 0 Å². The summed E-state index contributed by atoms with van der Waals surface area (Å²) in [5.74, 6) is -0.0459. The monoisotopic (exact) mass is 365 g/mol. The van der Waals surface area contributed by atoms with E-state index in [1.165, 1.54) is 5.56 Å². The van der Waals surface area contributed by atoms with Crippen LogP contribution in [0.1, 0.15) is 30.4 Å². The second-order valence-corrected chi connectivity index (χ2v) is 6.88. The van der Waals surface area contributed by atoms with E-state index in [0.717, 1.165) is 31.2 Å². The van der Waals surface area contributed by atoms with Crippen LogP contribution < -0.4 is 10.6 Å². The number of hydrogen-bond acceptors (Lipinski definition) is 2. The number of carbonyl (C=O) groups excluding carboxylic acids is 2. The Morgan fingerprint density at radius 3 is 2.30 bits per heavy atom. The molecule has 0 spiro atoms. The van der Waals surface area contributed by atoms with Crippen LogP contribution in [0.2, 0.25) is 0 Å². The molecule has 0 aliphatic carbocycles. The van der Waals surface area contributed by atoms with Crippen LogP contribution in [0.5, 0.6) is 0 Å². The first-order valence-corrected chi connectivity index (χ1v) is 9.64. The summed E-state index contributed by atoms with van der Waals surface area (Å²) in [6, 6.07) is 19.5. The minimum absolute atomic E-state index is 0.0459. The average molecular weight is 365 g/mol. The molecule has 0 bridgehead atoms. The molecule has 1 heterocycles. The van der Waals surface area contributed by atoms with E-state index in [1.54, 1.807) is 4.90 Å². The van der Waals surface area contributed by atoms with Crippen molar-refractivity contribution in [3.05, 3.63) is 71.8 Å². The lowest BCUT2D eigenvalue weighted by Gasteiger charge is -2.24. The van der Waals surface area contributed by atoms with Crippen LogP contribution in [-0.2, 0) is 17.8 Å². The van der Waals surface area contributed by atoms with E-state index in [-0.39, 0.29) is 18.0 Å². The summed E-state index contributed by atoms with van der Waals surface area (Å²) in [4.78, 5) is 26.7. The maximum atomic E-state index is 12.5. The van der Waals surface area contributed by atoms with Gasteiger partial charge >= 0.3 is 6.03 Å². The van der Waals surface area contributed by atoms with Gasteiger partial charge < -0.3 is 15.5 Å². The Kier molecular flexibility index (Phi) is 6.85. The second-order valence-electron chi connectivity index (χ2n) is 6.88. The Hall–Kier alpha value is -2.82. The highest BCUT2D eigenvalue weighted by Crippen LogP contribution is 2.17. The Balaban J connectivity index is 1.42. The molecule has 5 nitrogen and oxygen atoms in total. The van der Waals surface area contributed by atoms with Crippen LogP contribution in [0.3, 0.4) is 0 Å². The fourth-order valence-corrected chi connectivity index (χ4v) is 3.42. The summed E-state index contributed by atoms with van der Waals surface area (Å²) in [6.45, 7) is 1.73. The Bertz CT molecular complexity index is 734. The zero-order valence-electron chi connectivity index (χ0n) is 15.6. The van der Waals surface area contributed by atoms with Crippen molar-refractivity contribution in [2.45, 2.75) is 38.3 Å². The highest BCUT2D eigenvalue weighted by molar-refractivity contribution is 5.87. The molecule has 2 N–H and O–H groups in total. The normalized spacial score (nSPS) is 16.1. The highest BCUT2D eigenvalue weighted by atomic mass is 16.2. The summed E-state index contributed by atoms with van der Waals surface area (Å²) >= 11 is 0. The molecule has 2 aromatic rings. The fraction of sp³-hybridized carbons (Fsp3) is 0.364. The Labute approximate surface area is 160 Å². The molecule has 5 heteroatoms. The van der Waals surface area contributed by atoms with Crippen molar-refractivity contribution < 1.29 is 9.59 Å². The third-order valence-corrected chi connectivity index (χ3v) is 4.89. The number of nitrogens with zero attached hydrogens (tertiary/aromatic N) is 1. The molecular formula is C22H27N3O2. The second kappa shape index (κ2) is 9.76. The van der Waals surface area contributed by atoms with Crippen molar-refractivity contribution in [1.82, 2.24) is 15.5 Å². The number of aryl methyl sites for hydroxylation is 1. The molecule has 0 radical (unpaired) electrons. The summed E-state index contributed by atoms with van der Waals surface area (Å²) in [6.07, 6.45) is 3.42. The molecule has 0 aromatic heterocycles. The van der Waals surface area contributed by atoms with E-state index in [9.17, 15) is 9.59 Å². The van der Waals surface area contributed by atoms with Crippen molar-refractivity contribution >= 4 is 11.9 Å². The van der Waals surface area contributed by atoms with Crippen molar-refractivity contribution in [2.75, 3.05) is 13.1 Å². The zero-order valence-corrected chi connectivity index (χ0v) is 15.6. The molecule has 1 aliphatic rings. The van der Waals surface area contributed by atoms with Gasteiger partial charge in [-0.15, -0.1) is 0 Å². The highest BCUT2D eigenvalue weighted by Gasteiger charge is 2.33. The van der Waals surface area contributed by atoms with E-state index in [4.69, 9.17) is 0 Å². The minimum Gasteiger partial charge on any atom is -0.354 e. The van der Waals surface area contributed by atoms with Crippen LogP contribution >= 0.6 is 0 Å². The summed E-state index contributed by atoms with van der Waals surface area (Å²) < 4.78 is 0. The number of rotatable bonds is 7. The van der Waals surface area contributed by atoms with Gasteiger partial charge in [-0.1, -0.05) is 60.7 Å². The van der Waals surface area contributed by atoms with Crippen molar-refractivity contribution in [2.24, 2.45) is 0 Å². The molecule has 0 unspecified atom stereocenters. The SMILES string of the molecule is O=C(NCCCc1ccccc1)[C@@H]1CCCN1C(=O)NCc1ccccc1. The minimum atomic E-state index is -0.363. The lowest BCUT2D eigenvalue weighted by molar-refractivity contribution is -0.124. The number of hydrogen-bond donors (Lipinski definition) is 2. The zero-order chi connectivity index (χ0) is 18.9. The smallest absolute Gasteiger partial charge is 0.318 e. The quantitative estimate of drug-likeness (QED) is 0.741. The molecule has 1 saturated heterocycles. The van der Waals surface area contributed by atoms with Crippen molar-refractivity contribution in [3.63, 3.8) is 0 Å². The molecule has 1 aliphatic heterocycles. The van der Waals surface area contributed by atoms with Crippen LogP contribution in [-0.4, -0.2) is 36.0 Å². The number of carbonyl (C=O) groups is 2. The average Bonchev–Trinajstić information content (AvgIpc) is 3.21. The van der Waals surface area contributed by atoms with Gasteiger partial charge in [0, 0.05) is 19.6 Å². The number of likely N-dealkylation sites (tertiary alicyclic amines) is 1. The summed E-state index contributed by atoms with van der Waals surface area (Å²) in [5.41, 5.74) is 2.32. The number of amides is 3. The summed E-state index contributed by atoms with van der Waals surface area (Å²) in [5, 5.41) is 5.91. The maximum absolute atomic E-state index is 12.5. The molecule has 1 fully saturated rings. The van der Waals surface area contributed by atoms with E-state index >= 15 is 0 Å². The first-order valence-electron chi connectivity index (χ1n) is 9.64. The third-order valence-electron chi connectivity index (χ3n) is 4.89. The molecular weight excluding hydrogens is 338 g/mol. The molecule has 1 atom stereocenters. The molecule has 3 amide bonds. The Morgan fingerprint density at radius 1 is 0.926 bits per heavy atom. The van der Waals surface area contributed by atoms with Gasteiger partial charge in [0.05, 0.1) is 0 Å². The predicted octanol–water partition coefficient (Wildman–Crippen LogP) is 3.11. The molecule has 3 rings (SSSR count). The van der Waals surface area contributed by atoms with E-state index in [1.807, 2.05) is 48.5 Å². The third kappa shape index (κ3) is 5.58. The molecule has 142 valence electrons. The predicted molar refractivity (Wildman–Crippen MR) is 106 cm³/mol. The molecule has 0 saturated carbocycles. The molecule has 2 aromatic carbocycles. The summed E-state index contributed by atoms with van der Waals surface area (Å²) in [7, 11) is 0. The van der Waals surface area contributed by atoms with Crippen LogP contribution in [0, 0.1) is 0 Å². The van der Waals surface area contributed by atoms with Crippen LogP contribution in [0.25, 0.3) is 0 Å². The largest absolute Gasteiger partial charge is 0.354 e. The van der Waals surface area contributed by atoms with Gasteiger partial charge in [-0.2, -0.15) is 0 Å². The van der Waals surface area contributed by atoms with Gasteiger partial charge in [0.15, 0.2) is 0 Å². The van der Waals surface area contributed by atoms with Gasteiger partial charge in [0.25, 0.3) is 0 Å².